The van der Waals surface area contributed by atoms with Crippen LogP contribution < -0.4 is 10.6 Å². The molecule has 40 heavy (non-hydrogen) atoms. The lowest BCUT2D eigenvalue weighted by Gasteiger charge is -2.40. The molecule has 0 bridgehead atoms. The third-order valence-electron chi connectivity index (χ3n) is 6.05. The van der Waals surface area contributed by atoms with Crippen LogP contribution in [0.2, 0.25) is 0 Å². The fourth-order valence-corrected chi connectivity index (χ4v) is 4.39. The van der Waals surface area contributed by atoms with Crippen LogP contribution in [0.3, 0.4) is 0 Å². The Balaban J connectivity index is 1.90. The number of hydrogen-bond acceptors (Lipinski definition) is 5. The molecular weight excluding hydrogens is 552 g/mol. The van der Waals surface area contributed by atoms with E-state index in [2.05, 4.69) is 10.6 Å². The van der Waals surface area contributed by atoms with E-state index in [0.29, 0.717) is 0 Å². The van der Waals surface area contributed by atoms with Gasteiger partial charge in [0, 0.05) is 35.9 Å². The van der Waals surface area contributed by atoms with Crippen molar-refractivity contribution in [1.29, 1.82) is 0 Å². The summed E-state index contributed by atoms with van der Waals surface area (Å²) in [6.07, 6.45) is -3.80. The molecule has 2 unspecified atom stereocenters. The van der Waals surface area contributed by atoms with Gasteiger partial charge in [-0.15, -0.1) is 0 Å². The number of carbonyl (C=O) groups is 1. The second kappa shape index (κ2) is 10.9. The standard InChI is InChI=1S/C27H20F8N2O3/c28-21-7-3-1-5-17(21)24(39-15-26(30,31)32)9-11-36-13-19(24)23(38)20-14-37-12-10-25(20,40-16-27(33,34)35)18-6-2-4-8-22(18)29/h1-14,36-37H,15-16H2. The number of halogens is 8. The topological polar surface area (TPSA) is 59.6 Å². The molecule has 2 N–H and O–H groups in total. The van der Waals surface area contributed by atoms with Crippen molar-refractivity contribution in [3.8, 4) is 0 Å². The Labute approximate surface area is 222 Å². The van der Waals surface area contributed by atoms with E-state index >= 15 is 8.78 Å². The third-order valence-corrected chi connectivity index (χ3v) is 6.05. The molecule has 0 fully saturated rings. The first-order chi connectivity index (χ1) is 18.8. The molecular formula is C27H20F8N2O3. The number of carbonyl (C=O) groups excluding carboxylic acids is 1. The molecule has 0 amide bonds. The molecule has 212 valence electrons. The van der Waals surface area contributed by atoms with Gasteiger partial charge in [-0.3, -0.25) is 4.79 Å². The maximum atomic E-state index is 15.0. The first-order valence-corrected chi connectivity index (χ1v) is 11.5. The van der Waals surface area contributed by atoms with Crippen molar-refractivity contribution in [2.45, 2.75) is 23.6 Å². The van der Waals surface area contributed by atoms with Gasteiger partial charge in [-0.25, -0.2) is 8.78 Å². The smallest absolute Gasteiger partial charge is 0.367 e. The molecule has 0 aromatic heterocycles. The maximum absolute atomic E-state index is 15.0. The minimum Gasteiger partial charge on any atom is -0.367 e. The van der Waals surface area contributed by atoms with E-state index in [0.717, 1.165) is 61.2 Å². The third kappa shape index (κ3) is 5.80. The van der Waals surface area contributed by atoms with Crippen molar-refractivity contribution >= 4 is 5.78 Å². The van der Waals surface area contributed by atoms with Crippen molar-refractivity contribution in [1.82, 2.24) is 10.6 Å². The van der Waals surface area contributed by atoms with Gasteiger partial charge in [-0.05, 0) is 24.3 Å². The van der Waals surface area contributed by atoms with Crippen LogP contribution in [0.25, 0.3) is 0 Å². The molecule has 0 aliphatic carbocycles. The van der Waals surface area contributed by atoms with Gasteiger partial charge in [0.05, 0.1) is 11.1 Å². The zero-order valence-corrected chi connectivity index (χ0v) is 20.2. The van der Waals surface area contributed by atoms with Gasteiger partial charge < -0.3 is 20.1 Å². The summed E-state index contributed by atoms with van der Waals surface area (Å²) < 4.78 is 120. The highest BCUT2D eigenvalue weighted by Gasteiger charge is 2.51. The van der Waals surface area contributed by atoms with Crippen molar-refractivity contribution in [2.24, 2.45) is 0 Å². The predicted octanol–water partition coefficient (Wildman–Crippen LogP) is 5.78. The van der Waals surface area contributed by atoms with E-state index < -0.39 is 76.5 Å². The Morgan fingerprint density at radius 3 is 1.40 bits per heavy atom. The molecule has 0 saturated heterocycles. The second-order valence-electron chi connectivity index (χ2n) is 8.68. The number of Topliss-reactive ketones (excluding diaryl/α,β-unsaturated/α-hetero) is 1. The molecule has 0 radical (unpaired) electrons. The summed E-state index contributed by atoms with van der Waals surface area (Å²) in [7, 11) is 0. The molecule has 2 aromatic carbocycles. The molecule has 2 aliphatic heterocycles. The largest absolute Gasteiger partial charge is 0.411 e. The van der Waals surface area contributed by atoms with E-state index in [1.807, 2.05) is 0 Å². The van der Waals surface area contributed by atoms with E-state index in [-0.39, 0.29) is 0 Å². The highest BCUT2D eigenvalue weighted by molar-refractivity contribution is 6.12. The normalized spacial score (nSPS) is 22.7. The molecule has 0 spiro atoms. The minimum absolute atomic E-state index is 0.482. The monoisotopic (exact) mass is 572 g/mol. The van der Waals surface area contributed by atoms with Gasteiger partial charge in [-0.1, -0.05) is 36.4 Å². The van der Waals surface area contributed by atoms with E-state index in [1.54, 1.807) is 0 Å². The van der Waals surface area contributed by atoms with Crippen molar-refractivity contribution < 1.29 is 49.4 Å². The number of dihydropyridines is 2. The molecule has 2 heterocycles. The second-order valence-corrected chi connectivity index (χ2v) is 8.68. The summed E-state index contributed by atoms with van der Waals surface area (Å²) in [6, 6.07) is 9.20. The van der Waals surface area contributed by atoms with Crippen LogP contribution in [0.4, 0.5) is 35.1 Å². The number of benzene rings is 2. The highest BCUT2D eigenvalue weighted by atomic mass is 19.4. The number of hydrogen-bond donors (Lipinski definition) is 2. The Kier molecular flexibility index (Phi) is 7.90. The molecule has 4 rings (SSSR count). The number of alkyl halides is 6. The quantitative estimate of drug-likeness (QED) is 0.393. The highest BCUT2D eigenvalue weighted by Crippen LogP contribution is 2.46. The Hall–Kier alpha value is -3.97. The van der Waals surface area contributed by atoms with E-state index in [4.69, 9.17) is 9.47 Å². The van der Waals surface area contributed by atoms with Crippen molar-refractivity contribution in [2.75, 3.05) is 13.2 Å². The van der Waals surface area contributed by atoms with Crippen LogP contribution >= 0.6 is 0 Å². The number of ketones is 1. The Morgan fingerprint density at radius 1 is 0.675 bits per heavy atom. The summed E-state index contributed by atoms with van der Waals surface area (Å²) in [5.41, 5.74) is -7.21. The average molecular weight is 572 g/mol. The maximum Gasteiger partial charge on any atom is 0.411 e. The summed E-state index contributed by atoms with van der Waals surface area (Å²) in [5, 5.41) is 5.05. The molecule has 0 saturated carbocycles. The summed E-state index contributed by atoms with van der Waals surface area (Å²) in [4.78, 5) is 14.2. The molecule has 2 aromatic rings. The van der Waals surface area contributed by atoms with Gasteiger partial charge in [0.15, 0.2) is 5.78 Å². The van der Waals surface area contributed by atoms with Gasteiger partial charge >= 0.3 is 12.4 Å². The Bertz CT molecular complexity index is 1290. The summed E-state index contributed by atoms with van der Waals surface area (Å²) in [5.74, 6) is -3.27. The SMILES string of the molecule is O=C(C1=CNC=CC1(OCC(F)(F)F)c1ccccc1F)C1=CNC=CC1(OCC(F)(F)F)c1ccccc1F. The lowest BCUT2D eigenvalue weighted by molar-refractivity contribution is -0.196. The first kappa shape index (κ1) is 29.0. The van der Waals surface area contributed by atoms with Crippen LogP contribution in [0, 0.1) is 11.6 Å². The van der Waals surface area contributed by atoms with Crippen LogP contribution in [0.15, 0.2) is 96.6 Å². The van der Waals surface area contributed by atoms with E-state index in [1.165, 1.54) is 24.3 Å². The van der Waals surface area contributed by atoms with Crippen LogP contribution in [0.5, 0.6) is 0 Å². The lowest BCUT2D eigenvalue weighted by atomic mass is 9.75. The fourth-order valence-electron chi connectivity index (χ4n) is 4.39. The van der Waals surface area contributed by atoms with Crippen LogP contribution in [-0.4, -0.2) is 31.3 Å². The van der Waals surface area contributed by atoms with Gasteiger partial charge in [-0.2, -0.15) is 26.3 Å². The number of nitrogens with one attached hydrogen (secondary N) is 2. The summed E-state index contributed by atoms with van der Waals surface area (Å²) in [6.45, 7) is -3.84. The number of ether oxygens (including phenoxy) is 2. The lowest BCUT2D eigenvalue weighted by Crippen LogP contribution is -2.45. The molecule has 2 aliphatic rings. The van der Waals surface area contributed by atoms with Crippen molar-refractivity contribution in [3.63, 3.8) is 0 Å². The molecule has 5 nitrogen and oxygen atoms in total. The van der Waals surface area contributed by atoms with Gasteiger partial charge in [0.2, 0.25) is 0 Å². The van der Waals surface area contributed by atoms with E-state index in [9.17, 15) is 31.1 Å². The number of rotatable bonds is 8. The predicted molar refractivity (Wildman–Crippen MR) is 126 cm³/mol. The van der Waals surface area contributed by atoms with Crippen LogP contribution in [-0.2, 0) is 25.5 Å². The van der Waals surface area contributed by atoms with Crippen LogP contribution in [0.1, 0.15) is 11.1 Å². The minimum atomic E-state index is -4.91. The molecule has 2 atom stereocenters. The molecule has 13 heteroatoms. The fraction of sp³-hybridized carbons (Fsp3) is 0.222. The van der Waals surface area contributed by atoms with Gasteiger partial charge in [0.25, 0.3) is 0 Å². The summed E-state index contributed by atoms with van der Waals surface area (Å²) >= 11 is 0. The Morgan fingerprint density at radius 2 is 1.05 bits per heavy atom. The van der Waals surface area contributed by atoms with Gasteiger partial charge in [0.1, 0.15) is 36.1 Å². The first-order valence-electron chi connectivity index (χ1n) is 11.5. The van der Waals surface area contributed by atoms with Crippen molar-refractivity contribution in [3.05, 3.63) is 119 Å². The zero-order chi connectivity index (χ0) is 29.2. The average Bonchev–Trinajstić information content (AvgIpc) is 2.90. The zero-order valence-electron chi connectivity index (χ0n) is 20.2.